The summed E-state index contributed by atoms with van der Waals surface area (Å²) in [5, 5.41) is 12.4. The van der Waals surface area contributed by atoms with Crippen LogP contribution in [0.25, 0.3) is 0 Å². The van der Waals surface area contributed by atoms with E-state index in [-0.39, 0.29) is 17.4 Å². The summed E-state index contributed by atoms with van der Waals surface area (Å²) in [6.07, 6.45) is 4.69. The van der Waals surface area contributed by atoms with Crippen molar-refractivity contribution < 1.29 is 9.59 Å². The Kier molecular flexibility index (Phi) is 5.15. The Labute approximate surface area is 162 Å². The van der Waals surface area contributed by atoms with Crippen LogP contribution < -0.4 is 10.2 Å². The second-order valence-corrected chi connectivity index (χ2v) is 7.99. The van der Waals surface area contributed by atoms with Gasteiger partial charge >= 0.3 is 0 Å². The van der Waals surface area contributed by atoms with Crippen molar-refractivity contribution in [3.8, 4) is 0 Å². The molecule has 8 heteroatoms. The molecule has 0 unspecified atom stereocenters. The van der Waals surface area contributed by atoms with Crippen molar-refractivity contribution >= 4 is 35.1 Å². The van der Waals surface area contributed by atoms with Gasteiger partial charge in [-0.3, -0.25) is 14.2 Å². The average Bonchev–Trinajstić information content (AvgIpc) is 3.18. The van der Waals surface area contributed by atoms with E-state index in [1.165, 1.54) is 31.5 Å². The molecule has 0 radical (unpaired) electrons. The molecule has 1 saturated heterocycles. The van der Waals surface area contributed by atoms with Crippen LogP contribution in [0.15, 0.2) is 29.4 Å². The molecule has 0 bridgehead atoms. The number of rotatable bonds is 7. The Hall–Kier alpha value is -2.35. The minimum absolute atomic E-state index is 0.0209. The van der Waals surface area contributed by atoms with Crippen LogP contribution in [0.5, 0.6) is 0 Å². The molecule has 1 N–H and O–H groups in total. The number of carbonyl (C=O) groups is 2. The van der Waals surface area contributed by atoms with Gasteiger partial charge in [0.2, 0.25) is 11.9 Å². The normalized spacial score (nSPS) is 16.6. The van der Waals surface area contributed by atoms with Gasteiger partial charge in [0.05, 0.1) is 5.75 Å². The van der Waals surface area contributed by atoms with Gasteiger partial charge in [-0.15, -0.1) is 10.2 Å². The molecule has 2 fully saturated rings. The lowest BCUT2D eigenvalue weighted by Crippen LogP contribution is -2.22. The quantitative estimate of drug-likeness (QED) is 0.583. The van der Waals surface area contributed by atoms with Crippen LogP contribution in [0, 0.1) is 0 Å². The van der Waals surface area contributed by atoms with Gasteiger partial charge in [0, 0.05) is 30.4 Å². The number of anilines is 2. The lowest BCUT2D eigenvalue weighted by molar-refractivity contribution is -0.113. The van der Waals surface area contributed by atoms with Crippen LogP contribution in [-0.2, 0) is 4.79 Å². The standard InChI is InChI=1S/C19H23N5O2S/c1-13(25)14-5-4-6-15(11-14)20-17(26)12-27-19-22-21-18(23-9-2-3-10-23)24(19)16-7-8-16/h4-6,11,16H,2-3,7-10,12H2,1H3,(H,20,26). The predicted octanol–water partition coefficient (Wildman–Crippen LogP) is 3.15. The molecule has 0 spiro atoms. The smallest absolute Gasteiger partial charge is 0.234 e. The molecule has 1 aromatic carbocycles. The number of hydrogen-bond acceptors (Lipinski definition) is 6. The summed E-state index contributed by atoms with van der Waals surface area (Å²) in [6, 6.07) is 7.46. The predicted molar refractivity (Wildman–Crippen MR) is 106 cm³/mol. The van der Waals surface area contributed by atoms with Gasteiger partial charge in [0.1, 0.15) is 0 Å². The maximum Gasteiger partial charge on any atom is 0.234 e. The minimum atomic E-state index is -0.117. The molecule has 4 rings (SSSR count). The number of Topliss-reactive ketones (excluding diaryl/α,β-unsaturated/α-hetero) is 1. The Balaban J connectivity index is 1.40. The molecule has 1 amide bonds. The van der Waals surface area contributed by atoms with Crippen molar-refractivity contribution in [1.29, 1.82) is 0 Å². The lowest BCUT2D eigenvalue weighted by Gasteiger charge is -2.17. The number of aromatic nitrogens is 3. The third-order valence-electron chi connectivity index (χ3n) is 4.83. The van der Waals surface area contributed by atoms with E-state index < -0.39 is 0 Å². The van der Waals surface area contributed by atoms with E-state index in [1.54, 1.807) is 24.3 Å². The summed E-state index contributed by atoms with van der Waals surface area (Å²) in [6.45, 7) is 3.57. The van der Waals surface area contributed by atoms with Gasteiger partial charge in [-0.25, -0.2) is 0 Å². The molecule has 1 aromatic heterocycles. The first-order valence-electron chi connectivity index (χ1n) is 9.35. The molecule has 1 aliphatic carbocycles. The Morgan fingerprint density at radius 1 is 1.22 bits per heavy atom. The highest BCUT2D eigenvalue weighted by Gasteiger charge is 2.32. The zero-order valence-electron chi connectivity index (χ0n) is 15.4. The van der Waals surface area contributed by atoms with Crippen molar-refractivity contribution in [1.82, 2.24) is 14.8 Å². The molecule has 1 saturated carbocycles. The van der Waals surface area contributed by atoms with E-state index in [2.05, 4.69) is 25.0 Å². The molecule has 27 heavy (non-hydrogen) atoms. The fourth-order valence-corrected chi connectivity index (χ4v) is 4.10. The summed E-state index contributed by atoms with van der Waals surface area (Å²) < 4.78 is 2.21. The van der Waals surface area contributed by atoms with Crippen LogP contribution in [0.2, 0.25) is 0 Å². The van der Waals surface area contributed by atoms with Crippen LogP contribution in [0.3, 0.4) is 0 Å². The maximum absolute atomic E-state index is 12.3. The summed E-state index contributed by atoms with van der Waals surface area (Å²) in [5.41, 5.74) is 1.22. The Bertz CT molecular complexity index is 856. The number of nitrogens with zero attached hydrogens (tertiary/aromatic N) is 4. The topological polar surface area (TPSA) is 80.1 Å². The number of ketones is 1. The Morgan fingerprint density at radius 2 is 2.00 bits per heavy atom. The number of benzene rings is 1. The molecule has 2 aromatic rings. The number of nitrogens with one attached hydrogen (secondary N) is 1. The van der Waals surface area contributed by atoms with E-state index >= 15 is 0 Å². The molecule has 7 nitrogen and oxygen atoms in total. The van der Waals surface area contributed by atoms with E-state index in [9.17, 15) is 9.59 Å². The molecule has 2 aliphatic rings. The van der Waals surface area contributed by atoms with E-state index in [4.69, 9.17) is 0 Å². The number of amides is 1. The minimum Gasteiger partial charge on any atom is -0.341 e. The number of thioether (sulfide) groups is 1. The first-order valence-corrected chi connectivity index (χ1v) is 10.3. The number of hydrogen-bond donors (Lipinski definition) is 1. The van der Waals surface area contributed by atoms with Crippen molar-refractivity contribution in [2.24, 2.45) is 0 Å². The molecular weight excluding hydrogens is 362 g/mol. The zero-order valence-corrected chi connectivity index (χ0v) is 16.2. The van der Waals surface area contributed by atoms with Gasteiger partial charge in [0.15, 0.2) is 10.9 Å². The Morgan fingerprint density at radius 3 is 2.70 bits per heavy atom. The lowest BCUT2D eigenvalue weighted by atomic mass is 10.1. The van der Waals surface area contributed by atoms with Crippen molar-refractivity contribution in [2.75, 3.05) is 29.1 Å². The molecular formula is C19H23N5O2S. The van der Waals surface area contributed by atoms with E-state index in [1.807, 2.05) is 0 Å². The van der Waals surface area contributed by atoms with Crippen LogP contribution in [0.4, 0.5) is 11.6 Å². The van der Waals surface area contributed by atoms with Crippen LogP contribution in [0.1, 0.15) is 49.0 Å². The highest BCUT2D eigenvalue weighted by atomic mass is 32.2. The zero-order chi connectivity index (χ0) is 18.8. The van der Waals surface area contributed by atoms with Gasteiger partial charge in [-0.05, 0) is 44.7 Å². The third kappa shape index (κ3) is 4.16. The molecule has 0 atom stereocenters. The summed E-state index contributed by atoms with van der Waals surface area (Å²) in [5.74, 6) is 1.07. The second kappa shape index (κ2) is 7.72. The van der Waals surface area contributed by atoms with Crippen LogP contribution in [-0.4, -0.2) is 45.3 Å². The summed E-state index contributed by atoms with van der Waals surface area (Å²) in [7, 11) is 0. The molecule has 1 aliphatic heterocycles. The van der Waals surface area contributed by atoms with E-state index in [0.29, 0.717) is 17.3 Å². The van der Waals surface area contributed by atoms with Gasteiger partial charge in [0.25, 0.3) is 0 Å². The fourth-order valence-electron chi connectivity index (χ4n) is 3.30. The van der Waals surface area contributed by atoms with Gasteiger partial charge < -0.3 is 10.2 Å². The van der Waals surface area contributed by atoms with Crippen LogP contribution >= 0.6 is 11.8 Å². The average molecular weight is 385 g/mol. The SMILES string of the molecule is CC(=O)c1cccc(NC(=O)CSc2nnc(N3CCCC3)n2C2CC2)c1. The molecule has 142 valence electrons. The number of carbonyl (C=O) groups excluding carboxylic acids is 2. The second-order valence-electron chi connectivity index (χ2n) is 7.05. The van der Waals surface area contributed by atoms with E-state index in [0.717, 1.165) is 37.0 Å². The maximum atomic E-state index is 12.3. The van der Waals surface area contributed by atoms with Gasteiger partial charge in [-0.2, -0.15) is 0 Å². The highest BCUT2D eigenvalue weighted by Crippen LogP contribution is 2.41. The summed E-state index contributed by atoms with van der Waals surface area (Å²) in [4.78, 5) is 26.1. The van der Waals surface area contributed by atoms with Gasteiger partial charge in [-0.1, -0.05) is 23.9 Å². The summed E-state index contributed by atoms with van der Waals surface area (Å²) >= 11 is 1.42. The van der Waals surface area contributed by atoms with Crippen molar-refractivity contribution in [3.05, 3.63) is 29.8 Å². The first kappa shape index (κ1) is 18.0. The first-order chi connectivity index (χ1) is 13.1. The highest BCUT2D eigenvalue weighted by molar-refractivity contribution is 7.99. The largest absolute Gasteiger partial charge is 0.341 e. The van der Waals surface area contributed by atoms with Crippen molar-refractivity contribution in [2.45, 2.75) is 43.8 Å². The molecule has 2 heterocycles. The fraction of sp³-hybridized carbons (Fsp3) is 0.474. The monoisotopic (exact) mass is 385 g/mol. The van der Waals surface area contributed by atoms with Crippen molar-refractivity contribution in [3.63, 3.8) is 0 Å². The third-order valence-corrected chi connectivity index (χ3v) is 5.78.